The van der Waals surface area contributed by atoms with Gasteiger partial charge in [-0.15, -0.1) is 10.2 Å². The summed E-state index contributed by atoms with van der Waals surface area (Å²) in [6.07, 6.45) is 5.10. The second-order valence-corrected chi connectivity index (χ2v) is 14.0. The highest BCUT2D eigenvalue weighted by atomic mass is 16.6. The van der Waals surface area contributed by atoms with E-state index in [0.29, 0.717) is 24.5 Å². The fourth-order valence-corrected chi connectivity index (χ4v) is 6.11. The van der Waals surface area contributed by atoms with Gasteiger partial charge in [0.15, 0.2) is 0 Å². The van der Waals surface area contributed by atoms with Crippen molar-refractivity contribution in [2.24, 2.45) is 17.8 Å². The van der Waals surface area contributed by atoms with Crippen molar-refractivity contribution in [1.82, 2.24) is 30.9 Å². The smallest absolute Gasteiger partial charge is 0.407 e. The van der Waals surface area contributed by atoms with Gasteiger partial charge in [0.25, 0.3) is 0 Å². The monoisotopic (exact) mass is 666 g/mol. The van der Waals surface area contributed by atoms with Crippen molar-refractivity contribution in [3.05, 3.63) is 72.4 Å². The van der Waals surface area contributed by atoms with Crippen molar-refractivity contribution in [2.45, 2.75) is 64.9 Å². The summed E-state index contributed by atoms with van der Waals surface area (Å²) >= 11 is 0. The number of anilines is 2. The topological polar surface area (TPSA) is 155 Å². The first kappa shape index (κ1) is 35.2. The maximum Gasteiger partial charge on any atom is 0.407 e. The number of aromatic nitrogens is 5. The number of amides is 2. The third-order valence-electron chi connectivity index (χ3n) is 8.76. The molecule has 0 spiro atoms. The minimum Gasteiger partial charge on any atom is -0.444 e. The first-order valence-corrected chi connectivity index (χ1v) is 16.8. The Morgan fingerprint density at radius 3 is 2.33 bits per heavy atom. The summed E-state index contributed by atoms with van der Waals surface area (Å²) < 4.78 is 5.36. The first-order valence-electron chi connectivity index (χ1n) is 16.8. The van der Waals surface area contributed by atoms with Crippen LogP contribution in [0, 0.1) is 17.8 Å². The highest BCUT2D eigenvalue weighted by molar-refractivity contribution is 5.96. The molecule has 12 heteroatoms. The molecule has 2 amide bonds. The Kier molecular flexibility index (Phi) is 11.4. The average Bonchev–Trinajstić information content (AvgIpc) is 3.62. The van der Waals surface area contributed by atoms with Crippen molar-refractivity contribution in [3.8, 4) is 22.5 Å². The summed E-state index contributed by atoms with van der Waals surface area (Å²) in [5, 5.41) is 20.0. The van der Waals surface area contributed by atoms with Gasteiger partial charge >= 0.3 is 6.09 Å². The zero-order valence-electron chi connectivity index (χ0n) is 28.9. The van der Waals surface area contributed by atoms with Crippen LogP contribution in [0.4, 0.5) is 16.3 Å². The molecule has 1 saturated carbocycles. The van der Waals surface area contributed by atoms with E-state index >= 15 is 0 Å². The maximum absolute atomic E-state index is 13.8. The van der Waals surface area contributed by atoms with E-state index in [1.54, 1.807) is 12.1 Å². The molecule has 0 unspecified atom stereocenters. The lowest BCUT2D eigenvalue weighted by atomic mass is 9.77. The predicted octanol–water partition coefficient (Wildman–Crippen LogP) is 6.08. The van der Waals surface area contributed by atoms with Crippen LogP contribution in [0.25, 0.3) is 22.5 Å². The van der Waals surface area contributed by atoms with Crippen LogP contribution in [0.2, 0.25) is 0 Å². The van der Waals surface area contributed by atoms with Gasteiger partial charge in [0, 0.05) is 61.9 Å². The zero-order chi connectivity index (χ0) is 35.0. The fraction of sp³-hybridized carbons (Fsp3) is 0.432. The van der Waals surface area contributed by atoms with Crippen LogP contribution in [-0.4, -0.2) is 69.6 Å². The number of carbonyl (C=O) groups is 3. The molecular formula is C37H46N8O4. The molecule has 2 heterocycles. The van der Waals surface area contributed by atoms with Gasteiger partial charge in [0.2, 0.25) is 11.7 Å². The molecule has 1 atom stereocenters. The number of nitrogens with one attached hydrogen (secondary N) is 3. The van der Waals surface area contributed by atoms with Gasteiger partial charge in [-0.3, -0.25) is 9.59 Å². The molecule has 258 valence electrons. The lowest BCUT2D eigenvalue weighted by Crippen LogP contribution is -2.37. The molecule has 3 N–H and O–H groups in total. The highest BCUT2D eigenvalue weighted by Crippen LogP contribution is 2.32. The number of rotatable bonds is 12. The normalized spacial score (nSPS) is 16.8. The Morgan fingerprint density at radius 2 is 1.69 bits per heavy atom. The molecular weight excluding hydrogens is 620 g/mol. The second-order valence-electron chi connectivity index (χ2n) is 14.0. The molecule has 12 nitrogen and oxygen atoms in total. The molecule has 5 rings (SSSR count). The number of tetrazole rings is 1. The summed E-state index contributed by atoms with van der Waals surface area (Å²) in [7, 11) is 3.90. The van der Waals surface area contributed by atoms with E-state index in [1.165, 1.54) is 0 Å². The van der Waals surface area contributed by atoms with E-state index in [4.69, 9.17) is 4.74 Å². The molecule has 0 saturated heterocycles. The maximum atomic E-state index is 13.8. The van der Waals surface area contributed by atoms with Crippen molar-refractivity contribution in [2.75, 3.05) is 30.9 Å². The zero-order valence-corrected chi connectivity index (χ0v) is 28.9. The van der Waals surface area contributed by atoms with Crippen molar-refractivity contribution >= 4 is 29.3 Å². The largest absolute Gasteiger partial charge is 0.444 e. The van der Waals surface area contributed by atoms with Crippen LogP contribution < -0.4 is 15.5 Å². The summed E-state index contributed by atoms with van der Waals surface area (Å²) in [4.78, 5) is 46.2. The predicted molar refractivity (Wildman–Crippen MR) is 189 cm³/mol. The third kappa shape index (κ3) is 10.2. The van der Waals surface area contributed by atoms with Gasteiger partial charge < -0.3 is 20.3 Å². The number of alkyl carbamates (subject to hydrolysis) is 1. The quantitative estimate of drug-likeness (QED) is 0.163. The molecule has 1 aliphatic rings. The number of ketones is 1. The van der Waals surface area contributed by atoms with Crippen molar-refractivity contribution in [1.29, 1.82) is 0 Å². The second kappa shape index (κ2) is 15.8. The van der Waals surface area contributed by atoms with E-state index in [1.807, 2.05) is 88.4 Å². The SMILES string of the molecule is CN(C)c1ccc(-c2cccc(C[C@H](CC(=O)C3CCC(CNC(=O)OC(C)(C)C)CC3)C(=O)Nc3ccc(-c4nn[nH]n4)cc3)c2)cn1. The average molecular weight is 667 g/mol. The van der Waals surface area contributed by atoms with E-state index in [-0.39, 0.29) is 29.9 Å². The molecule has 1 aliphatic carbocycles. The summed E-state index contributed by atoms with van der Waals surface area (Å²) in [5.74, 6) is 0.825. The van der Waals surface area contributed by atoms with Gasteiger partial charge in [-0.05, 0) is 112 Å². The van der Waals surface area contributed by atoms with Gasteiger partial charge in [0.1, 0.15) is 17.2 Å². The van der Waals surface area contributed by atoms with Gasteiger partial charge in [-0.2, -0.15) is 5.21 Å². The van der Waals surface area contributed by atoms with Crippen LogP contribution in [0.5, 0.6) is 0 Å². The molecule has 49 heavy (non-hydrogen) atoms. The van der Waals surface area contributed by atoms with Crippen LogP contribution in [-0.2, 0) is 20.7 Å². The van der Waals surface area contributed by atoms with E-state index in [0.717, 1.165) is 53.8 Å². The number of carbonyl (C=O) groups excluding carboxylic acids is 3. The van der Waals surface area contributed by atoms with Crippen LogP contribution >= 0.6 is 0 Å². The lowest BCUT2D eigenvalue weighted by Gasteiger charge is -2.29. The molecule has 4 aromatic rings. The number of hydrogen-bond acceptors (Lipinski definition) is 9. The van der Waals surface area contributed by atoms with Crippen molar-refractivity contribution < 1.29 is 19.1 Å². The minimum absolute atomic E-state index is 0.103. The molecule has 0 bridgehead atoms. The van der Waals surface area contributed by atoms with Crippen LogP contribution in [0.1, 0.15) is 58.4 Å². The van der Waals surface area contributed by atoms with E-state index in [2.05, 4.69) is 42.3 Å². The van der Waals surface area contributed by atoms with Crippen molar-refractivity contribution in [3.63, 3.8) is 0 Å². The van der Waals surface area contributed by atoms with Crippen LogP contribution in [0.3, 0.4) is 0 Å². The third-order valence-corrected chi connectivity index (χ3v) is 8.76. The molecule has 0 aliphatic heterocycles. The Labute approximate surface area is 287 Å². The molecule has 1 fully saturated rings. The van der Waals surface area contributed by atoms with Gasteiger partial charge in [0.05, 0.1) is 0 Å². The van der Waals surface area contributed by atoms with E-state index in [9.17, 15) is 14.4 Å². The minimum atomic E-state index is -0.569. The summed E-state index contributed by atoms with van der Waals surface area (Å²) in [6.45, 7) is 6.03. The first-order chi connectivity index (χ1) is 23.4. The van der Waals surface area contributed by atoms with Crippen LogP contribution in [0.15, 0.2) is 66.9 Å². The number of aromatic amines is 1. The Bertz CT molecular complexity index is 1690. The number of Topliss-reactive ketones (excluding diaryl/α,β-unsaturated/α-hetero) is 1. The molecule has 2 aromatic heterocycles. The number of pyridine rings is 1. The highest BCUT2D eigenvalue weighted by Gasteiger charge is 2.31. The fourth-order valence-electron chi connectivity index (χ4n) is 6.11. The Balaban J connectivity index is 1.26. The Morgan fingerprint density at radius 1 is 0.959 bits per heavy atom. The number of ether oxygens (including phenoxy) is 1. The number of hydrogen-bond donors (Lipinski definition) is 3. The molecule has 2 aromatic carbocycles. The summed E-state index contributed by atoms with van der Waals surface area (Å²) in [5.41, 5.74) is 3.77. The number of nitrogens with zero attached hydrogens (tertiary/aromatic N) is 5. The molecule has 0 radical (unpaired) electrons. The van der Waals surface area contributed by atoms with E-state index < -0.39 is 17.6 Å². The lowest BCUT2D eigenvalue weighted by molar-refractivity contribution is -0.129. The summed E-state index contributed by atoms with van der Waals surface area (Å²) in [6, 6.07) is 19.3. The number of H-pyrrole nitrogens is 1. The Hall–Kier alpha value is -5.13. The van der Waals surface area contributed by atoms with Gasteiger partial charge in [-0.1, -0.05) is 24.3 Å². The number of benzene rings is 2. The standard InChI is InChI=1S/C37H46N8O4/c1-37(2,3)49-36(48)39-22-24-9-11-26(12-10-24)32(46)21-30(35(47)40-31-16-13-27(14-17-31)34-41-43-44-42-34)20-25-7-6-8-28(19-25)29-15-18-33(38-23-29)45(4)5/h6-8,13-19,23-24,26,30H,9-12,20-22H2,1-5H3,(H,39,48)(H,40,47)(H,41,42,43,44)/t24?,26?,30-/m1/s1. The van der Waals surface area contributed by atoms with Gasteiger partial charge in [-0.25, -0.2) is 9.78 Å².